The average molecular weight is 502 g/mol. The zero-order valence-corrected chi connectivity index (χ0v) is 22.7. The number of rotatable bonds is 9. The minimum Gasteiger partial charge on any atom is -0.464 e. The number of hydrogen-bond acceptors (Lipinski definition) is 7. The Labute approximate surface area is 215 Å². The predicted molar refractivity (Wildman–Crippen MR) is 145 cm³/mol. The Balaban J connectivity index is 0.000000609. The van der Waals surface area contributed by atoms with E-state index in [1.54, 1.807) is 18.2 Å². The number of aliphatic hydroxyl groups excluding tert-OH is 1. The lowest BCUT2D eigenvalue weighted by Crippen LogP contribution is -2.44. The van der Waals surface area contributed by atoms with Gasteiger partial charge in [-0.1, -0.05) is 49.7 Å². The standard InChI is InChI=1S/C20H31N3O4.C7H8.CH4O/c1-15(2)14-22(11-6-10-21(5)20(24)27-16(3)4)23(25)18-7-8-19-17(13-18)9-12-26-19;1-7-5-3-2-4-6-7;1-2/h7-9,12-13,15-16,25H,6,10-11,14H2,1-5H3;2-6H,1H3;2H,1H3. The van der Waals surface area contributed by atoms with Gasteiger partial charge >= 0.3 is 6.09 Å². The van der Waals surface area contributed by atoms with Crippen molar-refractivity contribution >= 4 is 22.7 Å². The molecular weight excluding hydrogens is 458 g/mol. The Morgan fingerprint density at radius 2 is 1.67 bits per heavy atom. The van der Waals surface area contributed by atoms with Gasteiger partial charge < -0.3 is 19.2 Å². The normalized spacial score (nSPS) is 10.6. The van der Waals surface area contributed by atoms with Crippen LogP contribution in [0, 0.1) is 12.8 Å². The van der Waals surface area contributed by atoms with Gasteiger partial charge in [-0.15, -0.1) is 0 Å². The van der Waals surface area contributed by atoms with Crippen LogP contribution in [0.15, 0.2) is 65.3 Å². The van der Waals surface area contributed by atoms with Gasteiger partial charge in [0.1, 0.15) is 5.58 Å². The summed E-state index contributed by atoms with van der Waals surface area (Å²) >= 11 is 0. The third kappa shape index (κ3) is 11.1. The number of aryl methyl sites for hydroxylation is 1. The molecule has 1 amide bonds. The van der Waals surface area contributed by atoms with Gasteiger partial charge in [-0.25, -0.2) is 4.79 Å². The van der Waals surface area contributed by atoms with Crippen LogP contribution in [0.25, 0.3) is 11.0 Å². The molecule has 1 aromatic heterocycles. The highest BCUT2D eigenvalue weighted by Crippen LogP contribution is 2.23. The summed E-state index contributed by atoms with van der Waals surface area (Å²) in [5.41, 5.74) is 2.78. The largest absolute Gasteiger partial charge is 0.464 e. The van der Waals surface area contributed by atoms with Crippen LogP contribution in [0.3, 0.4) is 0 Å². The summed E-state index contributed by atoms with van der Waals surface area (Å²) < 4.78 is 10.5. The molecule has 3 aromatic rings. The summed E-state index contributed by atoms with van der Waals surface area (Å²) in [6.45, 7) is 11.8. The van der Waals surface area contributed by atoms with Crippen LogP contribution >= 0.6 is 0 Å². The predicted octanol–water partition coefficient (Wildman–Crippen LogP) is 5.97. The number of aliphatic hydroxyl groups is 1. The number of hydrogen-bond donors (Lipinski definition) is 2. The molecule has 1 heterocycles. The Morgan fingerprint density at radius 1 is 1.00 bits per heavy atom. The van der Waals surface area contributed by atoms with Crippen LogP contribution in [-0.4, -0.2) is 66.2 Å². The van der Waals surface area contributed by atoms with E-state index in [1.807, 2.05) is 61.3 Å². The van der Waals surface area contributed by atoms with E-state index >= 15 is 0 Å². The SMILES string of the molecule is CC(C)CN(CCCN(C)C(=O)OC(C)C)N(O)c1ccc2occc2c1.CO.Cc1ccccc1. The van der Waals surface area contributed by atoms with Crippen molar-refractivity contribution in [3.8, 4) is 0 Å². The first-order chi connectivity index (χ1) is 17.2. The van der Waals surface area contributed by atoms with Gasteiger partial charge in [0.15, 0.2) is 0 Å². The molecule has 0 spiro atoms. The Bertz CT molecular complexity index is 991. The monoisotopic (exact) mass is 501 g/mol. The van der Waals surface area contributed by atoms with E-state index in [0.717, 1.165) is 18.1 Å². The van der Waals surface area contributed by atoms with Crippen LogP contribution in [0.2, 0.25) is 0 Å². The molecule has 2 aromatic carbocycles. The van der Waals surface area contributed by atoms with Crippen molar-refractivity contribution in [2.45, 2.75) is 47.1 Å². The Morgan fingerprint density at radius 3 is 2.22 bits per heavy atom. The number of carbonyl (C=O) groups excluding carboxylic acids is 1. The zero-order chi connectivity index (χ0) is 27.1. The number of furan rings is 1. The van der Waals surface area contributed by atoms with Crippen molar-refractivity contribution in [2.75, 3.05) is 39.0 Å². The molecule has 0 aliphatic rings. The molecule has 0 bridgehead atoms. The molecule has 0 saturated carbocycles. The molecule has 0 saturated heterocycles. The maximum atomic E-state index is 11.9. The first-order valence-electron chi connectivity index (χ1n) is 12.3. The molecule has 8 nitrogen and oxygen atoms in total. The molecule has 36 heavy (non-hydrogen) atoms. The van der Waals surface area contributed by atoms with E-state index in [0.29, 0.717) is 37.7 Å². The van der Waals surface area contributed by atoms with Crippen LogP contribution in [-0.2, 0) is 4.74 Å². The van der Waals surface area contributed by atoms with Gasteiger partial charge in [-0.3, -0.25) is 5.21 Å². The summed E-state index contributed by atoms with van der Waals surface area (Å²) in [4.78, 5) is 13.4. The molecule has 8 heteroatoms. The van der Waals surface area contributed by atoms with Crippen molar-refractivity contribution in [2.24, 2.45) is 5.92 Å². The number of nitrogens with zero attached hydrogens (tertiary/aromatic N) is 3. The van der Waals surface area contributed by atoms with Crippen molar-refractivity contribution in [1.29, 1.82) is 0 Å². The fraction of sp³-hybridized carbons (Fsp3) is 0.464. The van der Waals surface area contributed by atoms with Gasteiger partial charge in [0.25, 0.3) is 0 Å². The second-order valence-corrected chi connectivity index (χ2v) is 9.10. The van der Waals surface area contributed by atoms with Crippen LogP contribution in [0.5, 0.6) is 0 Å². The molecule has 0 unspecified atom stereocenters. The van der Waals surface area contributed by atoms with E-state index in [-0.39, 0.29) is 12.2 Å². The summed E-state index contributed by atoms with van der Waals surface area (Å²) in [5, 5.41) is 21.8. The average Bonchev–Trinajstić information content (AvgIpc) is 3.32. The molecule has 0 radical (unpaired) electrons. The highest BCUT2D eigenvalue weighted by molar-refractivity contribution is 5.81. The Kier molecular flexibility index (Phi) is 14.3. The maximum absolute atomic E-state index is 11.9. The minimum atomic E-state index is -0.327. The fourth-order valence-corrected chi connectivity index (χ4v) is 3.33. The lowest BCUT2D eigenvalue weighted by atomic mass is 10.2. The minimum absolute atomic E-state index is 0.136. The topological polar surface area (TPSA) is 89.6 Å². The lowest BCUT2D eigenvalue weighted by molar-refractivity contribution is 0.0508. The third-order valence-electron chi connectivity index (χ3n) is 5.01. The van der Waals surface area contributed by atoms with Crippen molar-refractivity contribution in [1.82, 2.24) is 9.91 Å². The number of fused-ring (bicyclic) bond motifs is 1. The number of ether oxygens (including phenoxy) is 1. The van der Waals surface area contributed by atoms with Crippen LogP contribution < -0.4 is 5.17 Å². The second-order valence-electron chi connectivity index (χ2n) is 9.10. The van der Waals surface area contributed by atoms with E-state index in [2.05, 4.69) is 32.9 Å². The zero-order valence-electron chi connectivity index (χ0n) is 22.7. The quantitative estimate of drug-likeness (QED) is 0.349. The molecule has 0 fully saturated rings. The maximum Gasteiger partial charge on any atom is 0.409 e. The molecule has 2 N–H and O–H groups in total. The highest BCUT2D eigenvalue weighted by Gasteiger charge is 2.18. The third-order valence-corrected chi connectivity index (χ3v) is 5.01. The lowest BCUT2D eigenvalue weighted by Gasteiger charge is -2.33. The molecule has 0 aliphatic carbocycles. The summed E-state index contributed by atoms with van der Waals surface area (Å²) in [6.07, 6.45) is 1.88. The van der Waals surface area contributed by atoms with Crippen molar-refractivity contribution < 1.29 is 24.3 Å². The Hall–Kier alpha value is -3.07. The van der Waals surface area contributed by atoms with E-state index in [4.69, 9.17) is 14.3 Å². The van der Waals surface area contributed by atoms with Gasteiger partial charge in [0.05, 0.1) is 18.1 Å². The van der Waals surface area contributed by atoms with Gasteiger partial charge in [0, 0.05) is 39.2 Å². The second kappa shape index (κ2) is 16.6. The fourth-order valence-electron chi connectivity index (χ4n) is 3.33. The van der Waals surface area contributed by atoms with Crippen LogP contribution in [0.1, 0.15) is 39.7 Å². The summed E-state index contributed by atoms with van der Waals surface area (Å²) in [5.74, 6) is 0.376. The molecular formula is C28H43N3O5. The van der Waals surface area contributed by atoms with Crippen LogP contribution in [0.4, 0.5) is 10.5 Å². The number of amides is 1. The van der Waals surface area contributed by atoms with E-state index < -0.39 is 0 Å². The molecule has 0 aliphatic heterocycles. The molecule has 3 rings (SSSR count). The summed E-state index contributed by atoms with van der Waals surface area (Å²) in [7, 11) is 2.72. The summed E-state index contributed by atoms with van der Waals surface area (Å²) in [6, 6.07) is 17.7. The van der Waals surface area contributed by atoms with Crippen molar-refractivity contribution in [3.63, 3.8) is 0 Å². The number of benzene rings is 2. The number of anilines is 1. The van der Waals surface area contributed by atoms with Crippen molar-refractivity contribution in [3.05, 3.63) is 66.4 Å². The van der Waals surface area contributed by atoms with Gasteiger partial charge in [-0.2, -0.15) is 10.2 Å². The first-order valence-corrected chi connectivity index (χ1v) is 12.3. The molecule has 200 valence electrons. The highest BCUT2D eigenvalue weighted by atomic mass is 16.6. The van der Waals surface area contributed by atoms with Gasteiger partial charge in [-0.05, 0) is 57.4 Å². The number of carbonyl (C=O) groups is 1. The van der Waals surface area contributed by atoms with Gasteiger partial charge in [0.2, 0.25) is 0 Å². The first kappa shape index (κ1) is 31.0. The van der Waals surface area contributed by atoms with E-state index in [1.165, 1.54) is 10.7 Å². The number of hydrazine groups is 1. The molecule has 0 atom stereocenters. The van der Waals surface area contributed by atoms with E-state index in [9.17, 15) is 10.0 Å². The smallest absolute Gasteiger partial charge is 0.409 e.